The number of hydrogen-bond donors (Lipinski definition) is 1. The molecule has 0 aliphatic rings. The van der Waals surface area contributed by atoms with Crippen LogP contribution in [-0.4, -0.2) is 47.4 Å². The Kier molecular flexibility index (Phi) is 4.63. The zero-order chi connectivity index (χ0) is 19.5. The van der Waals surface area contributed by atoms with Crippen LogP contribution >= 0.6 is 0 Å². The van der Waals surface area contributed by atoms with Crippen molar-refractivity contribution in [1.82, 2.24) is 19.8 Å². The second-order valence-electron chi connectivity index (χ2n) is 5.82. The molecule has 2 aromatic heterocycles. The van der Waals surface area contributed by atoms with Crippen molar-refractivity contribution in [2.45, 2.75) is 0 Å². The quantitative estimate of drug-likeness (QED) is 0.407. The molecule has 9 nitrogen and oxygen atoms in total. The maximum absolute atomic E-state index is 5.36. The summed E-state index contributed by atoms with van der Waals surface area (Å²) in [6, 6.07) is 11.4. The molecule has 0 saturated carbocycles. The molecule has 0 bridgehead atoms. The van der Waals surface area contributed by atoms with Crippen molar-refractivity contribution in [3.05, 3.63) is 48.3 Å². The van der Waals surface area contributed by atoms with E-state index in [1.54, 1.807) is 50.5 Å². The van der Waals surface area contributed by atoms with Crippen molar-refractivity contribution in [1.29, 1.82) is 0 Å². The summed E-state index contributed by atoms with van der Waals surface area (Å²) in [5.74, 6) is 2.22. The van der Waals surface area contributed by atoms with Crippen molar-refractivity contribution < 1.29 is 14.2 Å². The predicted octanol–water partition coefficient (Wildman–Crippen LogP) is 2.75. The summed E-state index contributed by atoms with van der Waals surface area (Å²) >= 11 is 0. The maximum Gasteiger partial charge on any atom is 0.203 e. The topological polar surface area (TPSA) is 95.2 Å². The van der Waals surface area contributed by atoms with E-state index in [0.717, 1.165) is 16.3 Å². The summed E-state index contributed by atoms with van der Waals surface area (Å²) in [5.41, 5.74) is 4.45. The molecule has 142 valence electrons. The minimum Gasteiger partial charge on any atom is -0.493 e. The van der Waals surface area contributed by atoms with Crippen LogP contribution in [0.15, 0.2) is 47.8 Å². The lowest BCUT2D eigenvalue weighted by Crippen LogP contribution is -2.01. The van der Waals surface area contributed by atoms with Crippen LogP contribution in [0.1, 0.15) is 5.56 Å². The summed E-state index contributed by atoms with van der Waals surface area (Å²) in [5, 5.41) is 18.7. The minimum atomic E-state index is 0.529. The van der Waals surface area contributed by atoms with Crippen LogP contribution in [0.5, 0.6) is 17.2 Å². The Labute approximate surface area is 160 Å². The van der Waals surface area contributed by atoms with Crippen LogP contribution in [-0.2, 0) is 0 Å². The van der Waals surface area contributed by atoms with E-state index in [2.05, 4.69) is 25.8 Å². The van der Waals surface area contributed by atoms with E-state index in [1.807, 2.05) is 24.3 Å². The third-order valence-corrected chi connectivity index (χ3v) is 4.23. The molecule has 0 amide bonds. The molecule has 1 N–H and O–H groups in total. The van der Waals surface area contributed by atoms with E-state index >= 15 is 0 Å². The first kappa shape index (κ1) is 17.5. The zero-order valence-corrected chi connectivity index (χ0v) is 15.6. The number of nitrogens with one attached hydrogen (secondary N) is 1. The molecule has 4 aromatic rings. The van der Waals surface area contributed by atoms with E-state index in [1.165, 1.54) is 0 Å². The van der Waals surface area contributed by atoms with E-state index in [4.69, 9.17) is 14.2 Å². The Morgan fingerprint density at radius 1 is 1.00 bits per heavy atom. The van der Waals surface area contributed by atoms with Gasteiger partial charge in [0.15, 0.2) is 23.0 Å². The van der Waals surface area contributed by atoms with E-state index in [9.17, 15) is 0 Å². The van der Waals surface area contributed by atoms with Gasteiger partial charge in [0.05, 0.1) is 27.5 Å². The van der Waals surface area contributed by atoms with Gasteiger partial charge in [-0.15, -0.1) is 15.3 Å². The number of hydrazone groups is 1. The van der Waals surface area contributed by atoms with Gasteiger partial charge in [0, 0.05) is 16.3 Å². The molecule has 2 heterocycles. The average Bonchev–Trinajstić information content (AvgIpc) is 3.21. The van der Waals surface area contributed by atoms with Crippen LogP contribution in [0.3, 0.4) is 0 Å². The molecule has 2 aromatic carbocycles. The summed E-state index contributed by atoms with van der Waals surface area (Å²) < 4.78 is 17.7. The van der Waals surface area contributed by atoms with Crippen molar-refractivity contribution in [2.24, 2.45) is 5.10 Å². The van der Waals surface area contributed by atoms with Crippen LogP contribution in [0, 0.1) is 0 Å². The second-order valence-corrected chi connectivity index (χ2v) is 5.82. The Hall–Kier alpha value is -3.88. The molecule has 0 spiro atoms. The van der Waals surface area contributed by atoms with Gasteiger partial charge >= 0.3 is 0 Å². The molecule has 4 rings (SSSR count). The predicted molar refractivity (Wildman–Crippen MR) is 106 cm³/mol. The Morgan fingerprint density at radius 2 is 1.71 bits per heavy atom. The van der Waals surface area contributed by atoms with Crippen LogP contribution in [0.4, 0.5) is 5.82 Å². The second kappa shape index (κ2) is 7.39. The highest BCUT2D eigenvalue weighted by Gasteiger charge is 2.12. The number of methoxy groups -OCH3 is 3. The number of anilines is 1. The van der Waals surface area contributed by atoms with Crippen LogP contribution < -0.4 is 19.6 Å². The van der Waals surface area contributed by atoms with E-state index < -0.39 is 0 Å². The van der Waals surface area contributed by atoms with Gasteiger partial charge in [-0.05, 0) is 12.1 Å². The van der Waals surface area contributed by atoms with Gasteiger partial charge in [-0.2, -0.15) is 9.62 Å². The summed E-state index contributed by atoms with van der Waals surface area (Å²) in [4.78, 5) is 0. The number of ether oxygens (including phenoxy) is 3. The van der Waals surface area contributed by atoms with Gasteiger partial charge in [-0.3, -0.25) is 5.43 Å². The van der Waals surface area contributed by atoms with Crippen LogP contribution in [0.25, 0.3) is 16.4 Å². The van der Waals surface area contributed by atoms with Crippen molar-refractivity contribution in [3.8, 4) is 17.2 Å². The molecule has 0 fully saturated rings. The molecule has 28 heavy (non-hydrogen) atoms. The van der Waals surface area contributed by atoms with Crippen molar-refractivity contribution in [2.75, 3.05) is 26.8 Å². The standard InChI is InChI=1S/C19H18N6O3/c1-26-15-8-12(9-16(27-2)17(15)28-3)10-20-22-18-13-6-4-5-7-14(13)19-23-21-11-25(19)24-18/h4-11H,1-3H3,(H,22,24)/b20-10-. The molecule has 0 unspecified atom stereocenters. The number of benzene rings is 2. The lowest BCUT2D eigenvalue weighted by Gasteiger charge is -2.12. The third-order valence-electron chi connectivity index (χ3n) is 4.23. The first-order valence-electron chi connectivity index (χ1n) is 8.43. The lowest BCUT2D eigenvalue weighted by molar-refractivity contribution is 0.324. The fraction of sp³-hybridized carbons (Fsp3) is 0.158. The van der Waals surface area contributed by atoms with Crippen molar-refractivity contribution >= 4 is 28.5 Å². The monoisotopic (exact) mass is 378 g/mol. The molecule has 0 aliphatic carbocycles. The van der Waals surface area contributed by atoms with Gasteiger partial charge in [0.2, 0.25) is 5.75 Å². The highest BCUT2D eigenvalue weighted by Crippen LogP contribution is 2.37. The summed E-state index contributed by atoms with van der Waals surface area (Å²) in [6.45, 7) is 0. The number of nitrogens with zero attached hydrogens (tertiary/aromatic N) is 5. The molecule has 0 aliphatic heterocycles. The van der Waals surface area contributed by atoms with Crippen molar-refractivity contribution in [3.63, 3.8) is 0 Å². The fourth-order valence-corrected chi connectivity index (χ4v) is 2.95. The van der Waals surface area contributed by atoms with E-state index in [0.29, 0.717) is 28.7 Å². The average molecular weight is 378 g/mol. The Bertz CT molecular complexity index is 1150. The van der Waals surface area contributed by atoms with Gasteiger partial charge < -0.3 is 14.2 Å². The van der Waals surface area contributed by atoms with Gasteiger partial charge in [0.1, 0.15) is 6.33 Å². The third kappa shape index (κ3) is 3.02. The molecule has 0 saturated heterocycles. The summed E-state index contributed by atoms with van der Waals surface area (Å²) in [7, 11) is 4.70. The van der Waals surface area contributed by atoms with Gasteiger partial charge in [-0.25, -0.2) is 0 Å². The summed E-state index contributed by atoms with van der Waals surface area (Å²) in [6.07, 6.45) is 3.20. The molecule has 9 heteroatoms. The van der Waals surface area contributed by atoms with Crippen LogP contribution in [0.2, 0.25) is 0 Å². The number of hydrogen-bond acceptors (Lipinski definition) is 8. The minimum absolute atomic E-state index is 0.529. The van der Waals surface area contributed by atoms with Gasteiger partial charge in [0.25, 0.3) is 0 Å². The highest BCUT2D eigenvalue weighted by molar-refractivity contribution is 5.99. The largest absolute Gasteiger partial charge is 0.493 e. The maximum atomic E-state index is 5.36. The molecule has 0 atom stereocenters. The Morgan fingerprint density at radius 3 is 2.39 bits per heavy atom. The molecular formula is C19H18N6O3. The zero-order valence-electron chi connectivity index (χ0n) is 15.6. The first-order valence-corrected chi connectivity index (χ1v) is 8.43. The normalized spacial score (nSPS) is 11.2. The smallest absolute Gasteiger partial charge is 0.203 e. The number of fused-ring (bicyclic) bond motifs is 3. The lowest BCUT2D eigenvalue weighted by atomic mass is 10.2. The highest BCUT2D eigenvalue weighted by atomic mass is 16.5. The number of aromatic nitrogens is 4. The molecule has 0 radical (unpaired) electrons. The SMILES string of the molecule is COc1cc(/C=N\Nc2nn3cnnc3c3ccccc23)cc(OC)c1OC. The number of rotatable bonds is 6. The Balaban J connectivity index is 1.68. The molecular weight excluding hydrogens is 360 g/mol. The fourth-order valence-electron chi connectivity index (χ4n) is 2.95. The first-order chi connectivity index (χ1) is 13.7. The van der Waals surface area contributed by atoms with Gasteiger partial charge in [-0.1, -0.05) is 24.3 Å². The van der Waals surface area contributed by atoms with E-state index in [-0.39, 0.29) is 0 Å².